The molecule has 0 spiro atoms. The van der Waals surface area contributed by atoms with Gasteiger partial charge in [0, 0.05) is 30.4 Å². The number of nitrogens with zero attached hydrogens (tertiary/aromatic N) is 4. The first-order chi connectivity index (χ1) is 9.60. The van der Waals surface area contributed by atoms with Crippen molar-refractivity contribution in [3.05, 3.63) is 29.0 Å². The third kappa shape index (κ3) is 1.96. The minimum atomic E-state index is -0.808. The second-order valence-corrected chi connectivity index (χ2v) is 5.18. The van der Waals surface area contributed by atoms with E-state index in [4.69, 9.17) is 16.7 Å². The van der Waals surface area contributed by atoms with E-state index in [0.717, 1.165) is 0 Å². The predicted octanol–water partition coefficient (Wildman–Crippen LogP) is 1.77. The van der Waals surface area contributed by atoms with Gasteiger partial charge in [-0.25, -0.2) is 4.98 Å². The Morgan fingerprint density at radius 3 is 3.05 bits per heavy atom. The molecule has 0 aliphatic carbocycles. The van der Waals surface area contributed by atoms with Crippen molar-refractivity contribution in [2.24, 2.45) is 5.92 Å². The number of aromatic nitrogens is 2. The van der Waals surface area contributed by atoms with E-state index in [9.17, 15) is 10.1 Å². The van der Waals surface area contributed by atoms with E-state index in [1.54, 1.807) is 22.7 Å². The molecule has 1 fully saturated rings. The molecule has 0 radical (unpaired) electrons. The SMILES string of the molecule is N#Cc1c(N2CCC(C(=O)O)C2)nc2cc(Cl)ccn12. The predicted molar refractivity (Wildman–Crippen MR) is 72.9 cm³/mol. The fourth-order valence-electron chi connectivity index (χ4n) is 2.49. The van der Waals surface area contributed by atoms with Crippen LogP contribution in [0.25, 0.3) is 5.65 Å². The quantitative estimate of drug-likeness (QED) is 0.911. The van der Waals surface area contributed by atoms with Crippen molar-refractivity contribution >= 4 is 29.0 Å². The molecule has 1 saturated heterocycles. The topological polar surface area (TPSA) is 81.6 Å². The summed E-state index contributed by atoms with van der Waals surface area (Å²) < 4.78 is 1.66. The molecule has 3 rings (SSSR count). The minimum absolute atomic E-state index is 0.377. The summed E-state index contributed by atoms with van der Waals surface area (Å²) in [5.41, 5.74) is 0.991. The highest BCUT2D eigenvalue weighted by atomic mass is 35.5. The summed E-state index contributed by atoms with van der Waals surface area (Å²) in [5.74, 6) is -0.689. The maximum atomic E-state index is 11.0. The number of nitriles is 1. The number of carboxylic acids is 1. The molecule has 20 heavy (non-hydrogen) atoms. The van der Waals surface area contributed by atoms with Crippen LogP contribution in [0.3, 0.4) is 0 Å². The number of imidazole rings is 1. The Morgan fingerprint density at radius 2 is 2.40 bits per heavy atom. The first-order valence-corrected chi connectivity index (χ1v) is 6.53. The van der Waals surface area contributed by atoms with Gasteiger partial charge in [-0.3, -0.25) is 9.20 Å². The number of halogens is 1. The normalized spacial score (nSPS) is 18.4. The van der Waals surface area contributed by atoms with Crippen LogP contribution in [0, 0.1) is 17.2 Å². The molecule has 3 heterocycles. The number of rotatable bonds is 2. The van der Waals surface area contributed by atoms with Gasteiger partial charge < -0.3 is 10.0 Å². The van der Waals surface area contributed by atoms with Gasteiger partial charge in [-0.05, 0) is 12.5 Å². The van der Waals surface area contributed by atoms with Crippen molar-refractivity contribution in [1.29, 1.82) is 5.26 Å². The van der Waals surface area contributed by atoms with Crippen LogP contribution in [0.4, 0.5) is 5.82 Å². The molecule has 1 unspecified atom stereocenters. The minimum Gasteiger partial charge on any atom is -0.481 e. The monoisotopic (exact) mass is 290 g/mol. The molecule has 0 aromatic carbocycles. The molecule has 0 bridgehead atoms. The van der Waals surface area contributed by atoms with E-state index in [1.807, 2.05) is 4.90 Å². The first kappa shape index (κ1) is 12.8. The third-order valence-electron chi connectivity index (χ3n) is 3.51. The van der Waals surface area contributed by atoms with Crippen molar-refractivity contribution in [2.45, 2.75) is 6.42 Å². The number of carbonyl (C=O) groups is 1. The summed E-state index contributed by atoms with van der Waals surface area (Å²) in [4.78, 5) is 17.3. The number of aliphatic carboxylic acids is 1. The van der Waals surface area contributed by atoms with E-state index < -0.39 is 11.9 Å². The van der Waals surface area contributed by atoms with Gasteiger partial charge in [0.05, 0.1) is 5.92 Å². The zero-order chi connectivity index (χ0) is 14.3. The number of fused-ring (bicyclic) bond motifs is 1. The molecule has 2 aromatic heterocycles. The highest BCUT2D eigenvalue weighted by Crippen LogP contribution is 2.28. The Morgan fingerprint density at radius 1 is 1.60 bits per heavy atom. The zero-order valence-electron chi connectivity index (χ0n) is 10.5. The molecule has 102 valence electrons. The van der Waals surface area contributed by atoms with Crippen molar-refractivity contribution in [2.75, 3.05) is 18.0 Å². The lowest BCUT2D eigenvalue weighted by atomic mass is 10.1. The Labute approximate surface area is 119 Å². The zero-order valence-corrected chi connectivity index (χ0v) is 11.2. The average Bonchev–Trinajstić information content (AvgIpc) is 3.01. The molecule has 2 aromatic rings. The smallest absolute Gasteiger partial charge is 0.308 e. The van der Waals surface area contributed by atoms with Crippen LogP contribution in [0.2, 0.25) is 5.02 Å². The molecule has 1 N–H and O–H groups in total. The highest BCUT2D eigenvalue weighted by Gasteiger charge is 2.31. The second-order valence-electron chi connectivity index (χ2n) is 4.74. The third-order valence-corrected chi connectivity index (χ3v) is 3.75. The van der Waals surface area contributed by atoms with Gasteiger partial charge in [-0.2, -0.15) is 5.26 Å². The molecule has 0 saturated carbocycles. The summed E-state index contributed by atoms with van der Waals surface area (Å²) in [5, 5.41) is 18.9. The van der Waals surface area contributed by atoms with Crippen LogP contribution < -0.4 is 4.90 Å². The Kier molecular flexibility index (Phi) is 2.99. The van der Waals surface area contributed by atoms with Crippen LogP contribution >= 0.6 is 11.6 Å². The Bertz CT molecular complexity index is 734. The molecule has 1 aliphatic rings. The van der Waals surface area contributed by atoms with Crippen LogP contribution in [0.5, 0.6) is 0 Å². The molecule has 6 nitrogen and oxygen atoms in total. The molecule has 7 heteroatoms. The lowest BCUT2D eigenvalue weighted by Gasteiger charge is -2.14. The van der Waals surface area contributed by atoms with Crippen LogP contribution in [0.1, 0.15) is 12.1 Å². The fourth-order valence-corrected chi connectivity index (χ4v) is 2.64. The molecule has 0 amide bonds. The molecule has 1 atom stereocenters. The molecular formula is C13H11ClN4O2. The standard InChI is InChI=1S/C13H11ClN4O2/c14-9-2-4-18-10(6-15)12(16-11(18)5-9)17-3-1-8(7-17)13(19)20/h2,4-5,8H,1,3,7H2,(H,19,20). The van der Waals surface area contributed by atoms with E-state index in [0.29, 0.717) is 41.7 Å². The lowest BCUT2D eigenvalue weighted by molar-refractivity contribution is -0.140. The average molecular weight is 291 g/mol. The lowest BCUT2D eigenvalue weighted by Crippen LogP contribution is -2.23. The summed E-state index contributed by atoms with van der Waals surface area (Å²) in [6, 6.07) is 5.49. The Hall–Kier alpha value is -2.26. The van der Waals surface area contributed by atoms with Gasteiger partial charge in [-0.1, -0.05) is 11.6 Å². The van der Waals surface area contributed by atoms with E-state index in [-0.39, 0.29) is 0 Å². The Balaban J connectivity index is 2.04. The van der Waals surface area contributed by atoms with Crippen LogP contribution in [-0.4, -0.2) is 33.6 Å². The summed E-state index contributed by atoms with van der Waals surface area (Å²) in [7, 11) is 0. The largest absolute Gasteiger partial charge is 0.481 e. The van der Waals surface area contributed by atoms with Crippen molar-refractivity contribution in [3.63, 3.8) is 0 Å². The van der Waals surface area contributed by atoms with Crippen LogP contribution in [-0.2, 0) is 4.79 Å². The van der Waals surface area contributed by atoms with E-state index >= 15 is 0 Å². The summed E-state index contributed by atoms with van der Waals surface area (Å²) >= 11 is 5.92. The number of pyridine rings is 1. The summed E-state index contributed by atoms with van der Waals surface area (Å²) in [6.07, 6.45) is 2.26. The number of anilines is 1. The number of hydrogen-bond acceptors (Lipinski definition) is 4. The van der Waals surface area contributed by atoms with Gasteiger partial charge in [0.25, 0.3) is 0 Å². The van der Waals surface area contributed by atoms with Gasteiger partial charge in [0.1, 0.15) is 11.7 Å². The first-order valence-electron chi connectivity index (χ1n) is 6.15. The summed E-state index contributed by atoms with van der Waals surface area (Å²) in [6.45, 7) is 0.963. The number of carboxylic acid groups (broad SMARTS) is 1. The maximum absolute atomic E-state index is 11.0. The van der Waals surface area contributed by atoms with Gasteiger partial charge in [0.2, 0.25) is 0 Å². The maximum Gasteiger partial charge on any atom is 0.308 e. The second kappa shape index (κ2) is 4.69. The molecule has 1 aliphatic heterocycles. The van der Waals surface area contributed by atoms with Gasteiger partial charge >= 0.3 is 5.97 Å². The van der Waals surface area contributed by atoms with Gasteiger partial charge in [0.15, 0.2) is 11.5 Å². The highest BCUT2D eigenvalue weighted by molar-refractivity contribution is 6.30. The van der Waals surface area contributed by atoms with Crippen molar-refractivity contribution < 1.29 is 9.90 Å². The van der Waals surface area contributed by atoms with Crippen molar-refractivity contribution in [1.82, 2.24) is 9.38 Å². The number of hydrogen-bond donors (Lipinski definition) is 1. The van der Waals surface area contributed by atoms with Crippen molar-refractivity contribution in [3.8, 4) is 6.07 Å². The van der Waals surface area contributed by atoms with Crippen LogP contribution in [0.15, 0.2) is 18.3 Å². The fraction of sp³-hybridized carbons (Fsp3) is 0.308. The molecular weight excluding hydrogens is 280 g/mol. The van der Waals surface area contributed by atoms with Gasteiger partial charge in [-0.15, -0.1) is 0 Å². The van der Waals surface area contributed by atoms with E-state index in [1.165, 1.54) is 0 Å². The van der Waals surface area contributed by atoms with E-state index in [2.05, 4.69) is 11.1 Å².